The Morgan fingerprint density at radius 3 is 1.28 bits per heavy atom. The van der Waals surface area contributed by atoms with Crippen molar-refractivity contribution >= 4 is 38.6 Å². The molecule has 1 unspecified atom stereocenters. The van der Waals surface area contributed by atoms with Gasteiger partial charge in [-0.25, -0.2) is 0 Å². The first-order valence-electron chi connectivity index (χ1n) is 32.1. The van der Waals surface area contributed by atoms with E-state index < -0.39 is 16.2 Å². The van der Waals surface area contributed by atoms with E-state index in [9.17, 15) is 5.11 Å². The quantitative estimate of drug-likeness (QED) is 0.164. The number of hydrogen-bond acceptors (Lipinski definition) is 2. The predicted molar refractivity (Wildman–Crippen MR) is 379 cm³/mol. The van der Waals surface area contributed by atoms with Crippen molar-refractivity contribution in [2.75, 3.05) is 4.90 Å². The second-order valence-corrected chi connectivity index (χ2v) is 25.4. The minimum atomic E-state index is -0.868. The monoisotopic (exact) mass is 1170 g/mol. The van der Waals surface area contributed by atoms with E-state index in [0.717, 1.165) is 66.8 Å². The van der Waals surface area contributed by atoms with Crippen LogP contribution in [0.1, 0.15) is 72.3 Å². The second-order valence-electron chi connectivity index (χ2n) is 25.4. The number of nitrogens with zero attached hydrogens (tertiary/aromatic N) is 1. The molecule has 430 valence electrons. The molecule has 1 spiro atoms. The molecule has 4 aliphatic rings. The van der Waals surface area contributed by atoms with Gasteiger partial charge in [0.1, 0.15) is 5.75 Å². The van der Waals surface area contributed by atoms with Gasteiger partial charge in [0.15, 0.2) is 0 Å². The first-order chi connectivity index (χ1) is 45.5. The molecule has 15 aromatic rings. The summed E-state index contributed by atoms with van der Waals surface area (Å²) >= 11 is 0. The Balaban J connectivity index is 0.847. The SMILES string of the molecule is Cc1c(C2(c3ccc4ccccc4c3O)c3ccccc3-c3c(-c4ccc(N(c5ccc6c(c5)-c5ccccc5C65c6ccccc6-c6ccccc65)c5cccc6c5-c5ccccc5C6(c5ccccc5)c5ccccc5)cc4)cccc32)ccc2ccccc12. The average Bonchev–Trinajstić information content (AvgIpc) is 1.51. The fraction of sp³-hybridized carbons (Fsp3) is 0.0444. The zero-order valence-electron chi connectivity index (χ0n) is 50.6. The Hall–Kier alpha value is -11.6. The van der Waals surface area contributed by atoms with Gasteiger partial charge in [0, 0.05) is 27.9 Å². The standard InChI is InChI=1S/C90H59NO/c1-57-65-30-10-8-24-58(65)48-53-74(57)89(83-54-49-59-25-9-11-31-67(59)87(83)92)79-42-21-15-35-71(79)85-66(37-22-43-81(85)89)60-46-50-63(51-47-60)91(84-45-23-44-82-86(84)72-36-16-20-41-78(72)88(82,61-26-4-2-5-27-61)62-28-6-3-7-29-62)64-52-55-80-73(56-64)70-34-14-19-40-77(70)90(80)75-38-17-12-32-68(75)69-33-13-18-39-76(69)90/h2-56,92H,1H3. The molecular formula is C90H59NO. The molecule has 0 radical (unpaired) electrons. The fourth-order valence-electron chi connectivity index (χ4n) is 17.8. The van der Waals surface area contributed by atoms with Crippen molar-refractivity contribution in [3.05, 3.63) is 406 Å². The van der Waals surface area contributed by atoms with E-state index in [4.69, 9.17) is 0 Å². The van der Waals surface area contributed by atoms with E-state index in [-0.39, 0.29) is 0 Å². The minimum absolute atomic E-state index is 0.302. The largest absolute Gasteiger partial charge is 0.507 e. The highest BCUT2D eigenvalue weighted by atomic mass is 16.3. The van der Waals surface area contributed by atoms with Crippen molar-refractivity contribution in [2.45, 2.75) is 23.2 Å². The van der Waals surface area contributed by atoms with E-state index in [1.165, 1.54) is 99.8 Å². The van der Waals surface area contributed by atoms with Crippen molar-refractivity contribution in [2.24, 2.45) is 0 Å². The third-order valence-electron chi connectivity index (χ3n) is 21.4. The van der Waals surface area contributed by atoms with E-state index in [0.29, 0.717) is 5.75 Å². The topological polar surface area (TPSA) is 23.5 Å². The molecule has 15 aromatic carbocycles. The number of anilines is 3. The predicted octanol–water partition coefficient (Wildman–Crippen LogP) is 22.2. The van der Waals surface area contributed by atoms with Gasteiger partial charge >= 0.3 is 0 Å². The summed E-state index contributed by atoms with van der Waals surface area (Å²) in [6.07, 6.45) is 0. The third kappa shape index (κ3) is 6.83. The molecule has 2 heteroatoms. The van der Waals surface area contributed by atoms with Gasteiger partial charge in [0.25, 0.3) is 0 Å². The van der Waals surface area contributed by atoms with Crippen molar-refractivity contribution in [1.82, 2.24) is 0 Å². The highest BCUT2D eigenvalue weighted by molar-refractivity contribution is 6.03. The van der Waals surface area contributed by atoms with Gasteiger partial charge in [-0.05, 0) is 170 Å². The molecule has 1 N–H and O–H groups in total. The molecule has 0 saturated heterocycles. The van der Waals surface area contributed by atoms with Crippen LogP contribution < -0.4 is 4.90 Å². The van der Waals surface area contributed by atoms with E-state index >= 15 is 0 Å². The molecule has 92 heavy (non-hydrogen) atoms. The van der Waals surface area contributed by atoms with Crippen molar-refractivity contribution in [3.63, 3.8) is 0 Å². The maximum Gasteiger partial charge on any atom is 0.128 e. The van der Waals surface area contributed by atoms with Crippen LogP contribution in [0, 0.1) is 6.92 Å². The minimum Gasteiger partial charge on any atom is -0.507 e. The number of aryl methyl sites for hydroxylation is 1. The molecule has 19 rings (SSSR count). The normalized spacial score (nSPS) is 15.3. The van der Waals surface area contributed by atoms with Gasteiger partial charge in [-0.15, -0.1) is 0 Å². The van der Waals surface area contributed by atoms with Gasteiger partial charge in [0.2, 0.25) is 0 Å². The van der Waals surface area contributed by atoms with Crippen LogP contribution in [0.2, 0.25) is 0 Å². The third-order valence-corrected chi connectivity index (χ3v) is 21.4. The molecular weight excluding hydrogens is 1110 g/mol. The van der Waals surface area contributed by atoms with Gasteiger partial charge in [0.05, 0.1) is 21.9 Å². The molecule has 0 saturated carbocycles. The zero-order chi connectivity index (χ0) is 60.9. The molecule has 2 nitrogen and oxygen atoms in total. The van der Waals surface area contributed by atoms with Crippen LogP contribution in [0.5, 0.6) is 5.75 Å². The Bertz CT molecular complexity index is 5390. The fourth-order valence-corrected chi connectivity index (χ4v) is 17.8. The highest BCUT2D eigenvalue weighted by Crippen LogP contribution is 2.66. The lowest BCUT2D eigenvalue weighted by Crippen LogP contribution is -2.30. The molecule has 0 amide bonds. The molecule has 0 heterocycles. The maximum atomic E-state index is 12.9. The lowest BCUT2D eigenvalue weighted by Gasteiger charge is -2.36. The van der Waals surface area contributed by atoms with E-state index in [1.807, 2.05) is 12.1 Å². The van der Waals surface area contributed by atoms with Crippen LogP contribution in [0.15, 0.2) is 334 Å². The van der Waals surface area contributed by atoms with Gasteiger partial charge < -0.3 is 10.0 Å². The summed E-state index contributed by atoms with van der Waals surface area (Å²) in [5, 5.41) is 17.2. The van der Waals surface area contributed by atoms with E-state index in [2.05, 4.69) is 333 Å². The van der Waals surface area contributed by atoms with Crippen molar-refractivity contribution in [1.29, 1.82) is 0 Å². The number of phenols is 1. The Morgan fingerprint density at radius 1 is 0.261 bits per heavy atom. The maximum absolute atomic E-state index is 12.9. The van der Waals surface area contributed by atoms with Crippen molar-refractivity contribution in [3.8, 4) is 61.4 Å². The second kappa shape index (κ2) is 19.7. The van der Waals surface area contributed by atoms with Crippen LogP contribution in [-0.4, -0.2) is 5.11 Å². The summed E-state index contributed by atoms with van der Waals surface area (Å²) in [6, 6.07) is 124. The Morgan fingerprint density at radius 2 is 0.663 bits per heavy atom. The van der Waals surface area contributed by atoms with Crippen LogP contribution in [-0.2, 0) is 16.2 Å². The molecule has 0 bridgehead atoms. The van der Waals surface area contributed by atoms with Crippen LogP contribution in [0.4, 0.5) is 17.1 Å². The lowest BCUT2D eigenvalue weighted by atomic mass is 9.65. The highest BCUT2D eigenvalue weighted by Gasteiger charge is 2.53. The molecule has 0 aromatic heterocycles. The molecule has 0 aliphatic heterocycles. The number of hydrogen-bond donors (Lipinski definition) is 1. The molecule has 0 fully saturated rings. The zero-order valence-corrected chi connectivity index (χ0v) is 50.6. The first-order valence-corrected chi connectivity index (χ1v) is 32.1. The van der Waals surface area contributed by atoms with Gasteiger partial charge in [-0.1, -0.05) is 303 Å². The number of rotatable bonds is 8. The van der Waals surface area contributed by atoms with Gasteiger partial charge in [-0.2, -0.15) is 0 Å². The number of fused-ring (bicyclic) bond motifs is 18. The number of aromatic hydroxyl groups is 1. The van der Waals surface area contributed by atoms with Crippen molar-refractivity contribution < 1.29 is 5.11 Å². The summed E-state index contributed by atoms with van der Waals surface area (Å²) in [5.41, 5.74) is 29.1. The van der Waals surface area contributed by atoms with E-state index in [1.54, 1.807) is 0 Å². The van der Waals surface area contributed by atoms with Crippen LogP contribution >= 0.6 is 0 Å². The Kier molecular flexibility index (Phi) is 11.2. The first kappa shape index (κ1) is 52.4. The summed E-state index contributed by atoms with van der Waals surface area (Å²) in [5.74, 6) is 0.302. The summed E-state index contributed by atoms with van der Waals surface area (Å²) in [6.45, 7) is 2.26. The number of benzene rings is 15. The van der Waals surface area contributed by atoms with Crippen LogP contribution in [0.3, 0.4) is 0 Å². The summed E-state index contributed by atoms with van der Waals surface area (Å²) in [7, 11) is 0. The lowest BCUT2D eigenvalue weighted by molar-refractivity contribution is 0.467. The summed E-state index contributed by atoms with van der Waals surface area (Å²) in [4.78, 5) is 2.54. The smallest absolute Gasteiger partial charge is 0.128 e. The summed E-state index contributed by atoms with van der Waals surface area (Å²) < 4.78 is 0. The Labute approximate surface area is 535 Å². The molecule has 4 aliphatic carbocycles. The molecule has 1 atom stereocenters. The van der Waals surface area contributed by atoms with Crippen LogP contribution in [0.25, 0.3) is 77.2 Å². The average molecular weight is 1170 g/mol. The van der Waals surface area contributed by atoms with Gasteiger partial charge in [-0.3, -0.25) is 0 Å². The number of phenolic OH excluding ortho intramolecular Hbond substituents is 1.